The maximum absolute atomic E-state index is 4.12. The highest BCUT2D eigenvalue weighted by Gasteiger charge is 2.26. The van der Waals surface area contributed by atoms with E-state index in [1.54, 1.807) is 6.20 Å². The highest BCUT2D eigenvalue weighted by atomic mass is 15.1. The molecule has 1 atom stereocenters. The lowest BCUT2D eigenvalue weighted by Crippen LogP contribution is -2.29. The van der Waals surface area contributed by atoms with E-state index in [9.17, 15) is 0 Å². The van der Waals surface area contributed by atoms with Crippen molar-refractivity contribution >= 4 is 5.70 Å². The van der Waals surface area contributed by atoms with Crippen molar-refractivity contribution in [3.63, 3.8) is 0 Å². The van der Waals surface area contributed by atoms with Gasteiger partial charge in [0, 0.05) is 36.9 Å². The molecule has 0 N–H and O–H groups in total. The van der Waals surface area contributed by atoms with Gasteiger partial charge >= 0.3 is 0 Å². The lowest BCUT2D eigenvalue weighted by Gasteiger charge is -2.31. The first kappa shape index (κ1) is 10.1. The molecular formula is C13H14N4. The molecule has 2 heterocycles. The summed E-state index contributed by atoms with van der Waals surface area (Å²) in [4.78, 5) is 8.21. The Kier molecular flexibility index (Phi) is 2.21. The third-order valence-electron chi connectivity index (χ3n) is 3.21. The molecule has 0 amide bonds. The van der Waals surface area contributed by atoms with E-state index in [0.29, 0.717) is 0 Å². The minimum atomic E-state index is -0.0507. The molecule has 1 aliphatic carbocycles. The lowest BCUT2D eigenvalue weighted by molar-refractivity contribution is 0.411. The molecule has 2 aromatic heterocycles. The normalized spacial score (nSPS) is 23.7. The standard InChI is InChI=1S/C13H14N4/c1-13(17-8-6-15-11-17)4-2-3-12(9-13)16-7-5-14-10-16/h2-8,10-11H,9H2,1H3. The molecule has 0 spiro atoms. The molecule has 0 saturated heterocycles. The van der Waals surface area contributed by atoms with Crippen molar-refractivity contribution in [3.05, 3.63) is 55.7 Å². The van der Waals surface area contributed by atoms with Crippen LogP contribution in [-0.4, -0.2) is 19.1 Å². The zero-order valence-corrected chi connectivity index (χ0v) is 9.69. The van der Waals surface area contributed by atoms with Gasteiger partial charge in [0.05, 0.1) is 18.2 Å². The number of hydrogen-bond acceptors (Lipinski definition) is 2. The maximum Gasteiger partial charge on any atom is 0.0989 e. The molecule has 0 saturated carbocycles. The number of imidazole rings is 2. The predicted molar refractivity (Wildman–Crippen MR) is 66.1 cm³/mol. The van der Waals surface area contributed by atoms with Crippen molar-refractivity contribution in [2.75, 3.05) is 0 Å². The Hall–Kier alpha value is -2.10. The molecule has 17 heavy (non-hydrogen) atoms. The average molecular weight is 226 g/mol. The summed E-state index contributed by atoms with van der Waals surface area (Å²) < 4.78 is 4.19. The fourth-order valence-electron chi connectivity index (χ4n) is 2.20. The Balaban J connectivity index is 1.94. The molecule has 2 aromatic rings. The van der Waals surface area contributed by atoms with Crippen LogP contribution in [0.4, 0.5) is 0 Å². The third-order valence-corrected chi connectivity index (χ3v) is 3.21. The average Bonchev–Trinajstić information content (AvgIpc) is 3.03. The molecule has 1 unspecified atom stereocenters. The fourth-order valence-corrected chi connectivity index (χ4v) is 2.20. The molecule has 1 aliphatic rings. The van der Waals surface area contributed by atoms with Crippen molar-refractivity contribution in [1.29, 1.82) is 0 Å². The topological polar surface area (TPSA) is 35.6 Å². The molecular weight excluding hydrogens is 212 g/mol. The van der Waals surface area contributed by atoms with Crippen LogP contribution in [0.3, 0.4) is 0 Å². The molecule has 86 valence electrons. The first-order valence-electron chi connectivity index (χ1n) is 5.63. The molecule has 4 heteroatoms. The van der Waals surface area contributed by atoms with E-state index in [-0.39, 0.29) is 5.54 Å². The zero-order chi connectivity index (χ0) is 11.7. The van der Waals surface area contributed by atoms with Crippen LogP contribution in [0.2, 0.25) is 0 Å². The van der Waals surface area contributed by atoms with Gasteiger partial charge in [0.25, 0.3) is 0 Å². The monoisotopic (exact) mass is 226 g/mol. The molecule has 0 aromatic carbocycles. The summed E-state index contributed by atoms with van der Waals surface area (Å²) in [5.41, 5.74) is 1.19. The minimum Gasteiger partial charge on any atom is -0.328 e. The van der Waals surface area contributed by atoms with E-state index in [1.165, 1.54) is 5.70 Å². The fraction of sp³-hybridized carbons (Fsp3) is 0.231. The molecule has 0 radical (unpaired) electrons. The largest absolute Gasteiger partial charge is 0.328 e. The van der Waals surface area contributed by atoms with Gasteiger partial charge in [0.1, 0.15) is 0 Å². The Morgan fingerprint density at radius 2 is 2.00 bits per heavy atom. The van der Waals surface area contributed by atoms with E-state index < -0.39 is 0 Å². The Labute approximate surface area is 99.9 Å². The number of nitrogens with zero attached hydrogens (tertiary/aromatic N) is 4. The van der Waals surface area contributed by atoms with Crippen LogP contribution < -0.4 is 0 Å². The summed E-state index contributed by atoms with van der Waals surface area (Å²) in [5.74, 6) is 0. The summed E-state index contributed by atoms with van der Waals surface area (Å²) in [6, 6.07) is 0. The van der Waals surface area contributed by atoms with Crippen molar-refractivity contribution in [2.24, 2.45) is 0 Å². The van der Waals surface area contributed by atoms with E-state index in [2.05, 4.69) is 44.3 Å². The van der Waals surface area contributed by atoms with Gasteiger partial charge < -0.3 is 9.13 Å². The van der Waals surface area contributed by atoms with Crippen molar-refractivity contribution < 1.29 is 0 Å². The van der Waals surface area contributed by atoms with Crippen LogP contribution in [-0.2, 0) is 5.54 Å². The zero-order valence-electron chi connectivity index (χ0n) is 9.69. The van der Waals surface area contributed by atoms with Gasteiger partial charge in [-0.1, -0.05) is 12.2 Å². The molecule has 0 fully saturated rings. The highest BCUT2D eigenvalue weighted by molar-refractivity contribution is 5.52. The summed E-state index contributed by atoms with van der Waals surface area (Å²) in [5, 5.41) is 0. The highest BCUT2D eigenvalue weighted by Crippen LogP contribution is 2.31. The Morgan fingerprint density at radius 1 is 1.18 bits per heavy atom. The maximum atomic E-state index is 4.12. The first-order valence-corrected chi connectivity index (χ1v) is 5.63. The third kappa shape index (κ3) is 1.71. The van der Waals surface area contributed by atoms with E-state index in [4.69, 9.17) is 0 Å². The Bertz CT molecular complexity index is 548. The van der Waals surface area contributed by atoms with Crippen LogP contribution in [0.5, 0.6) is 0 Å². The van der Waals surface area contributed by atoms with Gasteiger partial charge in [-0.2, -0.15) is 0 Å². The van der Waals surface area contributed by atoms with E-state index in [0.717, 1.165) is 6.42 Å². The SMILES string of the molecule is CC1(n2ccnc2)C=CC=C(n2ccnc2)C1. The van der Waals surface area contributed by atoms with Crippen LogP contribution in [0, 0.1) is 0 Å². The number of rotatable bonds is 2. The number of allylic oxidation sites excluding steroid dienone is 4. The Morgan fingerprint density at radius 3 is 2.71 bits per heavy atom. The van der Waals surface area contributed by atoms with Crippen molar-refractivity contribution in [2.45, 2.75) is 18.9 Å². The van der Waals surface area contributed by atoms with Crippen LogP contribution in [0.1, 0.15) is 13.3 Å². The van der Waals surface area contributed by atoms with Gasteiger partial charge in [-0.05, 0) is 13.0 Å². The van der Waals surface area contributed by atoms with Crippen LogP contribution in [0.25, 0.3) is 5.70 Å². The smallest absolute Gasteiger partial charge is 0.0989 e. The van der Waals surface area contributed by atoms with Gasteiger partial charge in [-0.25, -0.2) is 9.97 Å². The van der Waals surface area contributed by atoms with Crippen LogP contribution >= 0.6 is 0 Å². The van der Waals surface area contributed by atoms with Crippen molar-refractivity contribution in [3.8, 4) is 0 Å². The summed E-state index contributed by atoms with van der Waals surface area (Å²) >= 11 is 0. The molecule has 4 nitrogen and oxygen atoms in total. The second kappa shape index (κ2) is 3.73. The summed E-state index contributed by atoms with van der Waals surface area (Å²) in [6.07, 6.45) is 18.6. The second-order valence-corrected chi connectivity index (χ2v) is 4.49. The molecule has 3 rings (SSSR count). The molecule has 0 bridgehead atoms. The number of hydrogen-bond donors (Lipinski definition) is 0. The van der Waals surface area contributed by atoms with Gasteiger partial charge in [-0.15, -0.1) is 0 Å². The summed E-state index contributed by atoms with van der Waals surface area (Å²) in [6.45, 7) is 2.20. The van der Waals surface area contributed by atoms with Gasteiger partial charge in [0.15, 0.2) is 0 Å². The summed E-state index contributed by atoms with van der Waals surface area (Å²) in [7, 11) is 0. The molecule has 0 aliphatic heterocycles. The van der Waals surface area contributed by atoms with Gasteiger partial charge in [0.2, 0.25) is 0 Å². The van der Waals surface area contributed by atoms with Crippen LogP contribution in [0.15, 0.2) is 55.7 Å². The minimum absolute atomic E-state index is 0.0507. The van der Waals surface area contributed by atoms with E-state index in [1.807, 2.05) is 31.2 Å². The first-order chi connectivity index (χ1) is 8.28. The van der Waals surface area contributed by atoms with Crippen molar-refractivity contribution in [1.82, 2.24) is 19.1 Å². The van der Waals surface area contributed by atoms with E-state index >= 15 is 0 Å². The predicted octanol–water partition coefficient (Wildman–Crippen LogP) is 2.30. The van der Waals surface area contributed by atoms with Gasteiger partial charge in [-0.3, -0.25) is 0 Å². The second-order valence-electron chi connectivity index (χ2n) is 4.49. The lowest BCUT2D eigenvalue weighted by atomic mass is 9.91. The quantitative estimate of drug-likeness (QED) is 0.787. The number of aromatic nitrogens is 4.